The van der Waals surface area contributed by atoms with E-state index in [0.29, 0.717) is 0 Å². The fourth-order valence-corrected chi connectivity index (χ4v) is 3.06. The lowest BCUT2D eigenvalue weighted by molar-refractivity contribution is -0.305. The largest absolute Gasteiger partial charge is 0.550 e. The Balaban J connectivity index is 1.78. The van der Waals surface area contributed by atoms with Crippen molar-refractivity contribution < 1.29 is 9.90 Å². The fraction of sp³-hybridized carbons (Fsp3) is 0.941. The van der Waals surface area contributed by atoms with Crippen molar-refractivity contribution in [3.05, 3.63) is 0 Å². The first kappa shape index (κ1) is 16.5. The topological polar surface area (TPSA) is 40.1 Å². The van der Waals surface area contributed by atoms with Crippen LogP contribution in [0, 0.1) is 11.8 Å². The smallest absolute Gasteiger partial charge is 0.0414 e. The van der Waals surface area contributed by atoms with Gasteiger partial charge in [0.25, 0.3) is 0 Å². The molecule has 2 heteroatoms. The minimum absolute atomic E-state index is 0.239. The van der Waals surface area contributed by atoms with Crippen LogP contribution in [0.2, 0.25) is 0 Å². The van der Waals surface area contributed by atoms with Crippen molar-refractivity contribution in [1.82, 2.24) is 0 Å². The van der Waals surface area contributed by atoms with Gasteiger partial charge in [-0.25, -0.2) is 0 Å². The Kier molecular flexibility index (Phi) is 8.94. The van der Waals surface area contributed by atoms with Gasteiger partial charge in [0.1, 0.15) is 0 Å². The second kappa shape index (κ2) is 10.3. The first-order valence-corrected chi connectivity index (χ1v) is 8.44. The van der Waals surface area contributed by atoms with E-state index in [1.165, 1.54) is 64.2 Å². The second-order valence-corrected chi connectivity index (χ2v) is 6.28. The van der Waals surface area contributed by atoms with Crippen molar-refractivity contribution >= 4 is 5.97 Å². The molecule has 0 aromatic carbocycles. The van der Waals surface area contributed by atoms with Crippen LogP contribution < -0.4 is 5.11 Å². The van der Waals surface area contributed by atoms with Gasteiger partial charge in [-0.05, 0) is 31.1 Å². The second-order valence-electron chi connectivity index (χ2n) is 6.28. The van der Waals surface area contributed by atoms with Crippen LogP contribution in [0.15, 0.2) is 0 Å². The third-order valence-electron chi connectivity index (χ3n) is 4.45. The fourth-order valence-electron chi connectivity index (χ4n) is 3.06. The van der Waals surface area contributed by atoms with Gasteiger partial charge in [0.2, 0.25) is 0 Å². The Morgan fingerprint density at radius 1 is 0.895 bits per heavy atom. The van der Waals surface area contributed by atoms with E-state index in [1.807, 2.05) is 0 Å². The number of carboxylic acids is 1. The summed E-state index contributed by atoms with van der Waals surface area (Å²) in [5.41, 5.74) is 0. The van der Waals surface area contributed by atoms with Gasteiger partial charge in [0, 0.05) is 5.97 Å². The van der Waals surface area contributed by atoms with Gasteiger partial charge < -0.3 is 9.90 Å². The summed E-state index contributed by atoms with van der Waals surface area (Å²) in [6.07, 6.45) is 15.9. The molecule has 0 radical (unpaired) electrons. The van der Waals surface area contributed by atoms with Gasteiger partial charge in [-0.2, -0.15) is 0 Å². The lowest BCUT2D eigenvalue weighted by Crippen LogP contribution is -2.21. The summed E-state index contributed by atoms with van der Waals surface area (Å²) < 4.78 is 0. The van der Waals surface area contributed by atoms with Crippen LogP contribution in [-0.2, 0) is 4.79 Å². The minimum Gasteiger partial charge on any atom is -0.550 e. The van der Waals surface area contributed by atoms with Crippen molar-refractivity contribution in [2.24, 2.45) is 11.8 Å². The normalized spacial score (nSPS) is 21.5. The Bertz CT molecular complexity index is 237. The van der Waals surface area contributed by atoms with Gasteiger partial charge >= 0.3 is 0 Å². The molecule has 1 saturated carbocycles. The molecule has 0 aromatic heterocycles. The molecular weight excluding hydrogens is 236 g/mol. The van der Waals surface area contributed by atoms with E-state index in [1.54, 1.807) is 0 Å². The maximum absolute atomic E-state index is 10.2. The Hall–Kier alpha value is -0.530. The molecule has 0 amide bonds. The van der Waals surface area contributed by atoms with E-state index in [4.69, 9.17) is 0 Å². The maximum atomic E-state index is 10.2. The van der Waals surface area contributed by atoms with E-state index < -0.39 is 5.97 Å². The van der Waals surface area contributed by atoms with Crippen molar-refractivity contribution in [2.45, 2.75) is 90.4 Å². The van der Waals surface area contributed by atoms with Crippen molar-refractivity contribution in [2.75, 3.05) is 0 Å². The maximum Gasteiger partial charge on any atom is 0.0414 e. The number of unbranched alkanes of at least 4 members (excludes halogenated alkanes) is 7. The van der Waals surface area contributed by atoms with Gasteiger partial charge in [-0.3, -0.25) is 0 Å². The first-order chi connectivity index (χ1) is 9.24. The summed E-state index contributed by atoms with van der Waals surface area (Å²) in [5, 5.41) is 10.2. The molecule has 0 aliphatic heterocycles. The molecule has 19 heavy (non-hydrogen) atoms. The molecule has 2 atom stereocenters. The predicted molar refractivity (Wildman–Crippen MR) is 77.7 cm³/mol. The molecule has 1 aliphatic rings. The SMILES string of the molecule is CCCCCC[C@H]1C[C@H]1CCCCCCCC(=O)[O-]. The molecule has 2 nitrogen and oxygen atoms in total. The number of aliphatic carboxylic acids is 1. The first-order valence-electron chi connectivity index (χ1n) is 8.44. The summed E-state index contributed by atoms with van der Waals surface area (Å²) in [7, 11) is 0. The summed E-state index contributed by atoms with van der Waals surface area (Å²) >= 11 is 0. The highest BCUT2D eigenvalue weighted by Crippen LogP contribution is 2.45. The highest BCUT2D eigenvalue weighted by atomic mass is 16.4. The predicted octanol–water partition coefficient (Wildman–Crippen LogP) is 4.07. The quantitative estimate of drug-likeness (QED) is 0.472. The number of carboxylic acid groups (broad SMARTS) is 1. The number of carbonyl (C=O) groups is 1. The number of hydrogen-bond donors (Lipinski definition) is 0. The van der Waals surface area contributed by atoms with Crippen LogP contribution in [0.5, 0.6) is 0 Å². The number of hydrogen-bond acceptors (Lipinski definition) is 2. The Morgan fingerprint density at radius 3 is 2.00 bits per heavy atom. The summed E-state index contributed by atoms with van der Waals surface area (Å²) in [6, 6.07) is 0. The average molecular weight is 267 g/mol. The zero-order valence-corrected chi connectivity index (χ0v) is 12.7. The molecule has 0 unspecified atom stereocenters. The lowest BCUT2D eigenvalue weighted by Gasteiger charge is -2.03. The minimum atomic E-state index is -0.899. The molecule has 1 rings (SSSR count). The molecule has 1 fully saturated rings. The monoisotopic (exact) mass is 267 g/mol. The standard InChI is InChI=1S/C17H32O2/c1-2-3-4-8-11-15-14-16(15)12-9-6-5-7-10-13-17(18)19/h15-16H,2-14H2,1H3,(H,18,19)/p-1/t15-,16+/m0/s1. The average Bonchev–Trinajstić information content (AvgIpc) is 3.12. The molecule has 0 spiro atoms. The molecule has 112 valence electrons. The molecule has 0 saturated heterocycles. The Morgan fingerprint density at radius 2 is 1.42 bits per heavy atom. The van der Waals surface area contributed by atoms with Gasteiger partial charge in [-0.15, -0.1) is 0 Å². The summed E-state index contributed by atoms with van der Waals surface area (Å²) in [6.45, 7) is 2.27. The van der Waals surface area contributed by atoms with Crippen molar-refractivity contribution in [3.8, 4) is 0 Å². The summed E-state index contributed by atoms with van der Waals surface area (Å²) in [5.74, 6) is 1.18. The van der Waals surface area contributed by atoms with E-state index in [9.17, 15) is 9.90 Å². The molecular formula is C17H31O2-. The van der Waals surface area contributed by atoms with E-state index >= 15 is 0 Å². The third kappa shape index (κ3) is 9.07. The van der Waals surface area contributed by atoms with Gasteiger partial charge in [-0.1, -0.05) is 71.1 Å². The highest BCUT2D eigenvalue weighted by molar-refractivity contribution is 5.63. The number of carbonyl (C=O) groups excluding carboxylic acids is 1. The van der Waals surface area contributed by atoms with E-state index in [2.05, 4.69) is 6.92 Å². The molecule has 1 aliphatic carbocycles. The van der Waals surface area contributed by atoms with Crippen molar-refractivity contribution in [1.29, 1.82) is 0 Å². The van der Waals surface area contributed by atoms with Crippen LogP contribution >= 0.6 is 0 Å². The molecule has 0 heterocycles. The number of rotatable bonds is 13. The van der Waals surface area contributed by atoms with Crippen LogP contribution in [0.4, 0.5) is 0 Å². The van der Waals surface area contributed by atoms with E-state index in [-0.39, 0.29) is 6.42 Å². The zero-order chi connectivity index (χ0) is 13.9. The third-order valence-corrected chi connectivity index (χ3v) is 4.45. The van der Waals surface area contributed by atoms with Crippen molar-refractivity contribution in [3.63, 3.8) is 0 Å². The van der Waals surface area contributed by atoms with Gasteiger partial charge in [0.15, 0.2) is 0 Å². The molecule has 0 bridgehead atoms. The lowest BCUT2D eigenvalue weighted by atomic mass is 10.0. The summed E-state index contributed by atoms with van der Waals surface area (Å²) in [4.78, 5) is 10.2. The zero-order valence-electron chi connectivity index (χ0n) is 12.7. The van der Waals surface area contributed by atoms with Crippen LogP contribution in [-0.4, -0.2) is 5.97 Å². The van der Waals surface area contributed by atoms with Crippen LogP contribution in [0.1, 0.15) is 90.4 Å². The molecule has 0 aromatic rings. The Labute approximate surface area is 119 Å². The van der Waals surface area contributed by atoms with Gasteiger partial charge in [0.05, 0.1) is 0 Å². The highest BCUT2D eigenvalue weighted by Gasteiger charge is 2.34. The van der Waals surface area contributed by atoms with E-state index in [0.717, 1.165) is 24.7 Å². The molecule has 0 N–H and O–H groups in total. The van der Waals surface area contributed by atoms with Crippen LogP contribution in [0.3, 0.4) is 0 Å². The van der Waals surface area contributed by atoms with Crippen LogP contribution in [0.25, 0.3) is 0 Å².